The van der Waals surface area contributed by atoms with Crippen LogP contribution >= 0.6 is 11.8 Å². The third kappa shape index (κ3) is 5.33. The molecule has 0 radical (unpaired) electrons. The van der Waals surface area contributed by atoms with Gasteiger partial charge in [0.25, 0.3) is 5.91 Å². The number of hydrogen-bond acceptors (Lipinski definition) is 4. The fourth-order valence-electron chi connectivity index (χ4n) is 1.50. The molecule has 1 amide bonds. The molecule has 0 saturated carbocycles. The molecule has 1 atom stereocenters. The van der Waals surface area contributed by atoms with E-state index in [0.29, 0.717) is 11.1 Å². The number of rotatable bonds is 5. The van der Waals surface area contributed by atoms with Gasteiger partial charge in [-0.1, -0.05) is 11.8 Å². The van der Waals surface area contributed by atoms with E-state index in [1.54, 1.807) is 24.0 Å². The van der Waals surface area contributed by atoms with Crippen LogP contribution in [0.5, 0.6) is 0 Å². The third-order valence-corrected chi connectivity index (χ3v) is 3.14. The van der Waals surface area contributed by atoms with Crippen molar-refractivity contribution in [3.63, 3.8) is 0 Å². The molecule has 1 unspecified atom stereocenters. The lowest BCUT2D eigenvalue weighted by Gasteiger charge is -2.13. The second-order valence-electron chi connectivity index (χ2n) is 4.04. The SMILES string of the molecule is CSCCC(C)NC(=O)c1ccncc1C#CCO. The summed E-state index contributed by atoms with van der Waals surface area (Å²) in [5.41, 5.74) is 1.03. The van der Waals surface area contributed by atoms with Gasteiger partial charge in [-0.15, -0.1) is 0 Å². The van der Waals surface area contributed by atoms with Gasteiger partial charge < -0.3 is 10.4 Å². The van der Waals surface area contributed by atoms with Crippen LogP contribution in [0.4, 0.5) is 0 Å². The Labute approximate surface area is 118 Å². The van der Waals surface area contributed by atoms with E-state index in [-0.39, 0.29) is 18.6 Å². The zero-order chi connectivity index (χ0) is 14.1. The minimum atomic E-state index is -0.236. The molecule has 0 fully saturated rings. The van der Waals surface area contributed by atoms with Gasteiger partial charge in [0.2, 0.25) is 0 Å². The standard InChI is InChI=1S/C14H18N2O2S/c1-11(6-9-19-2)16-14(18)13-5-7-15-10-12(13)4-3-8-17/h5,7,10-11,17H,6,8-9H2,1-2H3,(H,16,18). The number of thioether (sulfide) groups is 1. The maximum atomic E-state index is 12.1. The van der Waals surface area contributed by atoms with Crippen LogP contribution in [0.1, 0.15) is 29.3 Å². The molecule has 1 rings (SSSR count). The van der Waals surface area contributed by atoms with E-state index in [4.69, 9.17) is 5.11 Å². The number of hydrogen-bond donors (Lipinski definition) is 2. The van der Waals surface area contributed by atoms with Crippen molar-refractivity contribution in [2.75, 3.05) is 18.6 Å². The summed E-state index contributed by atoms with van der Waals surface area (Å²) in [5.74, 6) is 6.12. The van der Waals surface area contributed by atoms with Gasteiger partial charge in [0.05, 0.1) is 11.1 Å². The van der Waals surface area contributed by atoms with Crippen LogP contribution in [-0.4, -0.2) is 40.7 Å². The van der Waals surface area contributed by atoms with Crippen molar-refractivity contribution in [3.05, 3.63) is 29.6 Å². The summed E-state index contributed by atoms with van der Waals surface area (Å²) in [6.45, 7) is 1.74. The van der Waals surface area contributed by atoms with Gasteiger partial charge in [-0.2, -0.15) is 11.8 Å². The first-order valence-corrected chi connectivity index (χ1v) is 7.42. The number of aliphatic hydroxyl groups is 1. The molecule has 0 aliphatic rings. The molecule has 2 N–H and O–H groups in total. The summed E-state index contributed by atoms with van der Waals surface area (Å²) in [4.78, 5) is 16.1. The molecule has 0 spiro atoms. The number of aromatic nitrogens is 1. The van der Waals surface area contributed by atoms with Crippen LogP contribution in [0.3, 0.4) is 0 Å². The molecule has 0 saturated heterocycles. The van der Waals surface area contributed by atoms with Gasteiger partial charge in [0.15, 0.2) is 0 Å². The molecule has 1 aromatic heterocycles. The van der Waals surface area contributed by atoms with Crippen LogP contribution in [0.25, 0.3) is 0 Å². The molecule has 1 aromatic rings. The lowest BCUT2D eigenvalue weighted by atomic mass is 10.1. The van der Waals surface area contributed by atoms with E-state index >= 15 is 0 Å². The first-order valence-electron chi connectivity index (χ1n) is 6.02. The van der Waals surface area contributed by atoms with Crippen molar-refractivity contribution in [2.24, 2.45) is 0 Å². The number of nitrogens with one attached hydrogen (secondary N) is 1. The number of carbonyl (C=O) groups excluding carboxylic acids is 1. The van der Waals surface area contributed by atoms with Crippen LogP contribution in [0, 0.1) is 11.8 Å². The molecular weight excluding hydrogens is 260 g/mol. The smallest absolute Gasteiger partial charge is 0.252 e. The molecular formula is C14H18N2O2S. The van der Waals surface area contributed by atoms with Crippen molar-refractivity contribution in [3.8, 4) is 11.8 Å². The normalized spacial score (nSPS) is 11.3. The van der Waals surface area contributed by atoms with E-state index in [1.807, 2.05) is 13.2 Å². The average molecular weight is 278 g/mol. The van der Waals surface area contributed by atoms with Crippen LogP contribution in [0.15, 0.2) is 18.5 Å². The summed E-state index contributed by atoms with van der Waals surface area (Å²) in [6, 6.07) is 1.75. The molecule has 0 aromatic carbocycles. The number of pyridine rings is 1. The number of aliphatic hydroxyl groups excluding tert-OH is 1. The molecule has 4 nitrogen and oxygen atoms in total. The molecule has 1 heterocycles. The summed E-state index contributed by atoms with van der Waals surface area (Å²) in [7, 11) is 0. The van der Waals surface area contributed by atoms with Crippen LogP contribution < -0.4 is 5.32 Å². The van der Waals surface area contributed by atoms with Gasteiger partial charge in [-0.05, 0) is 31.4 Å². The fraction of sp³-hybridized carbons (Fsp3) is 0.429. The molecule has 0 aliphatic heterocycles. The van der Waals surface area contributed by atoms with E-state index in [9.17, 15) is 4.79 Å². The minimum Gasteiger partial charge on any atom is -0.384 e. The third-order valence-electron chi connectivity index (χ3n) is 2.50. The maximum Gasteiger partial charge on any atom is 0.252 e. The van der Waals surface area contributed by atoms with Crippen molar-refractivity contribution in [1.29, 1.82) is 0 Å². The summed E-state index contributed by atoms with van der Waals surface area (Å²) < 4.78 is 0. The van der Waals surface area contributed by atoms with Gasteiger partial charge in [0, 0.05) is 18.4 Å². The fourth-order valence-corrected chi connectivity index (χ4v) is 2.08. The minimum absolute atomic E-state index is 0.117. The summed E-state index contributed by atoms with van der Waals surface area (Å²) in [6.07, 6.45) is 6.06. The molecule has 102 valence electrons. The Morgan fingerprint density at radius 2 is 2.42 bits per heavy atom. The molecule has 0 aliphatic carbocycles. The van der Waals surface area contributed by atoms with Crippen LogP contribution in [-0.2, 0) is 0 Å². The Hall–Kier alpha value is -1.51. The first kappa shape index (κ1) is 15.5. The van der Waals surface area contributed by atoms with Gasteiger partial charge in [-0.3, -0.25) is 9.78 Å². The molecule has 0 bridgehead atoms. The quantitative estimate of drug-likeness (QED) is 0.797. The molecule has 5 heteroatoms. The van der Waals surface area contributed by atoms with Crippen molar-refractivity contribution < 1.29 is 9.90 Å². The zero-order valence-electron chi connectivity index (χ0n) is 11.1. The Morgan fingerprint density at radius 1 is 1.63 bits per heavy atom. The Bertz CT molecular complexity index is 480. The van der Waals surface area contributed by atoms with E-state index < -0.39 is 0 Å². The van der Waals surface area contributed by atoms with E-state index in [0.717, 1.165) is 12.2 Å². The first-order chi connectivity index (χ1) is 9.19. The van der Waals surface area contributed by atoms with Crippen molar-refractivity contribution in [1.82, 2.24) is 10.3 Å². The van der Waals surface area contributed by atoms with Crippen molar-refractivity contribution >= 4 is 17.7 Å². The topological polar surface area (TPSA) is 62.2 Å². The zero-order valence-corrected chi connectivity index (χ0v) is 12.0. The second kappa shape index (κ2) is 8.57. The summed E-state index contributed by atoms with van der Waals surface area (Å²) in [5, 5.41) is 11.6. The highest BCUT2D eigenvalue weighted by Crippen LogP contribution is 2.07. The Balaban J connectivity index is 2.76. The Morgan fingerprint density at radius 3 is 3.11 bits per heavy atom. The van der Waals surface area contributed by atoms with Gasteiger partial charge in [-0.25, -0.2) is 0 Å². The highest BCUT2D eigenvalue weighted by molar-refractivity contribution is 7.98. The lowest BCUT2D eigenvalue weighted by Crippen LogP contribution is -2.33. The van der Waals surface area contributed by atoms with Crippen molar-refractivity contribution in [2.45, 2.75) is 19.4 Å². The monoisotopic (exact) mass is 278 g/mol. The number of nitrogens with zero attached hydrogens (tertiary/aromatic N) is 1. The van der Waals surface area contributed by atoms with E-state index in [1.165, 1.54) is 6.20 Å². The highest BCUT2D eigenvalue weighted by atomic mass is 32.2. The highest BCUT2D eigenvalue weighted by Gasteiger charge is 2.12. The molecule has 19 heavy (non-hydrogen) atoms. The summed E-state index contributed by atoms with van der Waals surface area (Å²) >= 11 is 1.76. The Kier molecular flexibility index (Phi) is 7.01. The number of amides is 1. The maximum absolute atomic E-state index is 12.1. The number of carbonyl (C=O) groups is 1. The van der Waals surface area contributed by atoms with E-state index in [2.05, 4.69) is 22.1 Å². The van der Waals surface area contributed by atoms with Gasteiger partial charge in [0.1, 0.15) is 6.61 Å². The second-order valence-corrected chi connectivity index (χ2v) is 5.02. The van der Waals surface area contributed by atoms with Gasteiger partial charge >= 0.3 is 0 Å². The largest absolute Gasteiger partial charge is 0.384 e. The predicted octanol–water partition coefficient (Wildman–Crippen LogP) is 1.30. The lowest BCUT2D eigenvalue weighted by molar-refractivity contribution is 0.0939. The average Bonchev–Trinajstić information content (AvgIpc) is 2.43. The predicted molar refractivity (Wildman–Crippen MR) is 78.1 cm³/mol. The van der Waals surface area contributed by atoms with Crippen LogP contribution in [0.2, 0.25) is 0 Å².